The molecule has 3 rings (SSSR count). The molecule has 1 aliphatic heterocycles. The van der Waals surface area contributed by atoms with Gasteiger partial charge in [0.05, 0.1) is 34.8 Å². The van der Waals surface area contributed by atoms with Crippen LogP contribution in [0.4, 0.5) is 4.39 Å². The van der Waals surface area contributed by atoms with Crippen molar-refractivity contribution >= 4 is 27.5 Å². The minimum atomic E-state index is -4.07. The molecule has 8 nitrogen and oxygen atoms in total. The second-order valence-corrected chi connectivity index (χ2v) is 11.6. The third kappa shape index (κ3) is 7.39. The molecule has 2 N–H and O–H groups in total. The Morgan fingerprint density at radius 1 is 1.28 bits per heavy atom. The molecule has 0 saturated carbocycles. The molecule has 1 saturated heterocycles. The molecule has 0 aliphatic carbocycles. The Labute approximate surface area is 216 Å². The fourth-order valence-corrected chi connectivity index (χ4v) is 5.68. The Kier molecular flexibility index (Phi) is 9.71. The van der Waals surface area contributed by atoms with Gasteiger partial charge in [-0.1, -0.05) is 31.5 Å². The van der Waals surface area contributed by atoms with Crippen LogP contribution in [0, 0.1) is 18.7 Å². The molecule has 1 heterocycles. The number of nitrogens with zero attached hydrogens (tertiary/aromatic N) is 1. The van der Waals surface area contributed by atoms with Crippen molar-refractivity contribution in [3.05, 3.63) is 58.4 Å². The summed E-state index contributed by atoms with van der Waals surface area (Å²) < 4.78 is 52.3. The molecule has 2 unspecified atom stereocenters. The molecule has 0 bridgehead atoms. The number of amides is 1. The maximum atomic E-state index is 13.6. The monoisotopic (exact) mass is 542 g/mol. The lowest BCUT2D eigenvalue weighted by Gasteiger charge is -2.26. The van der Waals surface area contributed by atoms with E-state index in [0.717, 1.165) is 34.5 Å². The van der Waals surface area contributed by atoms with Gasteiger partial charge in [-0.25, -0.2) is 12.8 Å². The van der Waals surface area contributed by atoms with Crippen LogP contribution in [0.1, 0.15) is 36.2 Å². The first kappa shape index (κ1) is 28.3. The van der Waals surface area contributed by atoms with Crippen molar-refractivity contribution in [2.24, 2.45) is 5.92 Å². The Morgan fingerprint density at radius 2 is 2.03 bits per heavy atom. The van der Waals surface area contributed by atoms with Crippen LogP contribution in [0.25, 0.3) is 0 Å². The molecular formula is C25H32ClFN2O6S. The number of carbonyl (C=O) groups excluding carboxylic acids is 1. The number of benzene rings is 2. The summed E-state index contributed by atoms with van der Waals surface area (Å²) in [6.07, 6.45) is -0.609. The fraction of sp³-hybridized carbons (Fsp3) is 0.480. The van der Waals surface area contributed by atoms with E-state index in [0.29, 0.717) is 24.5 Å². The van der Waals surface area contributed by atoms with Gasteiger partial charge in [-0.2, -0.15) is 4.31 Å². The van der Waals surface area contributed by atoms with Gasteiger partial charge in [-0.05, 0) is 48.7 Å². The molecule has 0 radical (unpaired) electrons. The summed E-state index contributed by atoms with van der Waals surface area (Å²) in [7, 11) is -4.07. The predicted molar refractivity (Wildman–Crippen MR) is 134 cm³/mol. The summed E-state index contributed by atoms with van der Waals surface area (Å²) in [4.78, 5) is 12.7. The highest BCUT2D eigenvalue weighted by Crippen LogP contribution is 2.25. The van der Waals surface area contributed by atoms with Crippen LogP contribution in [-0.4, -0.2) is 68.8 Å². The molecule has 1 amide bonds. The number of carbonyl (C=O) groups is 1. The maximum Gasteiger partial charge on any atom is 0.255 e. The number of halogens is 2. The van der Waals surface area contributed by atoms with E-state index >= 15 is 0 Å². The summed E-state index contributed by atoms with van der Waals surface area (Å²) in [6, 6.07) is 8.37. The molecule has 1 fully saturated rings. The average Bonchev–Trinajstić information content (AvgIpc) is 3.31. The number of aliphatic hydroxyl groups is 1. The van der Waals surface area contributed by atoms with E-state index < -0.39 is 27.9 Å². The zero-order valence-corrected chi connectivity index (χ0v) is 22.1. The molecule has 11 heteroatoms. The zero-order chi connectivity index (χ0) is 26.5. The van der Waals surface area contributed by atoms with E-state index in [2.05, 4.69) is 5.32 Å². The molecule has 0 spiro atoms. The predicted octanol–water partition coefficient (Wildman–Crippen LogP) is 3.39. The van der Waals surface area contributed by atoms with Crippen molar-refractivity contribution in [1.29, 1.82) is 0 Å². The number of nitrogens with one attached hydrogen (secondary N) is 1. The minimum absolute atomic E-state index is 0.0516. The highest BCUT2D eigenvalue weighted by Gasteiger charge is 2.28. The summed E-state index contributed by atoms with van der Waals surface area (Å²) in [5.74, 6) is -0.806. The topological polar surface area (TPSA) is 105 Å². The van der Waals surface area contributed by atoms with Crippen molar-refractivity contribution in [2.75, 3.05) is 32.8 Å². The Balaban J connectivity index is 1.69. The Bertz CT molecular complexity index is 1170. The van der Waals surface area contributed by atoms with E-state index in [9.17, 15) is 22.7 Å². The quantitative estimate of drug-likeness (QED) is 0.451. The van der Waals surface area contributed by atoms with Gasteiger partial charge in [0.1, 0.15) is 17.7 Å². The van der Waals surface area contributed by atoms with Crippen LogP contribution >= 0.6 is 11.6 Å². The van der Waals surface area contributed by atoms with E-state index in [1.165, 1.54) is 0 Å². The highest BCUT2D eigenvalue weighted by molar-refractivity contribution is 7.89. The van der Waals surface area contributed by atoms with Crippen LogP contribution in [0.5, 0.6) is 5.75 Å². The van der Waals surface area contributed by atoms with E-state index in [1.54, 1.807) is 18.2 Å². The molecule has 2 atom stereocenters. The first-order chi connectivity index (χ1) is 17.0. The minimum Gasteiger partial charge on any atom is -0.487 e. The molecule has 198 valence electrons. The Hall–Kier alpha value is -2.24. The van der Waals surface area contributed by atoms with E-state index in [-0.39, 0.29) is 41.6 Å². The SMILES string of the molecule is Cc1ccc(C(=O)NCC(O)CN(CC(C)C)S(=O)(=O)c2ccc(F)c(Cl)c2)c(OC2CCOC2)c1. The van der Waals surface area contributed by atoms with Crippen molar-refractivity contribution in [3.63, 3.8) is 0 Å². The summed E-state index contributed by atoms with van der Waals surface area (Å²) in [5, 5.41) is 13.0. The third-order valence-electron chi connectivity index (χ3n) is 5.57. The molecular weight excluding hydrogens is 511 g/mol. The van der Waals surface area contributed by atoms with Crippen molar-refractivity contribution < 1.29 is 32.2 Å². The normalized spacial score (nSPS) is 16.9. The average molecular weight is 543 g/mol. The van der Waals surface area contributed by atoms with Crippen LogP contribution in [-0.2, 0) is 14.8 Å². The zero-order valence-electron chi connectivity index (χ0n) is 20.5. The number of ether oxygens (including phenoxy) is 2. The lowest BCUT2D eigenvalue weighted by molar-refractivity contribution is 0.0889. The van der Waals surface area contributed by atoms with Gasteiger partial charge in [-0.15, -0.1) is 0 Å². The molecule has 0 aromatic heterocycles. The smallest absolute Gasteiger partial charge is 0.255 e. The van der Waals surface area contributed by atoms with Gasteiger partial charge < -0.3 is 19.9 Å². The van der Waals surface area contributed by atoms with Crippen LogP contribution in [0.2, 0.25) is 5.02 Å². The molecule has 2 aromatic rings. The summed E-state index contributed by atoms with van der Waals surface area (Å²) >= 11 is 5.78. The fourth-order valence-electron chi connectivity index (χ4n) is 3.77. The summed E-state index contributed by atoms with van der Waals surface area (Å²) in [5.41, 5.74) is 1.24. The lowest BCUT2D eigenvalue weighted by atomic mass is 10.1. The summed E-state index contributed by atoms with van der Waals surface area (Å²) in [6.45, 7) is 6.27. The first-order valence-electron chi connectivity index (χ1n) is 11.7. The van der Waals surface area contributed by atoms with E-state index in [1.807, 2.05) is 20.8 Å². The van der Waals surface area contributed by atoms with Crippen LogP contribution < -0.4 is 10.1 Å². The number of hydrogen-bond donors (Lipinski definition) is 2. The van der Waals surface area contributed by atoms with Crippen LogP contribution in [0.3, 0.4) is 0 Å². The van der Waals surface area contributed by atoms with Gasteiger partial charge >= 0.3 is 0 Å². The maximum absolute atomic E-state index is 13.6. The number of hydrogen-bond acceptors (Lipinski definition) is 6. The molecule has 36 heavy (non-hydrogen) atoms. The Morgan fingerprint density at radius 3 is 2.67 bits per heavy atom. The van der Waals surface area contributed by atoms with E-state index in [4.69, 9.17) is 21.1 Å². The van der Waals surface area contributed by atoms with Gasteiger partial charge in [0.2, 0.25) is 10.0 Å². The van der Waals surface area contributed by atoms with Gasteiger partial charge in [0, 0.05) is 26.1 Å². The number of rotatable bonds is 11. The largest absolute Gasteiger partial charge is 0.487 e. The number of sulfonamides is 1. The van der Waals surface area contributed by atoms with Gasteiger partial charge in [0.25, 0.3) is 5.91 Å². The van der Waals surface area contributed by atoms with Crippen molar-refractivity contribution in [3.8, 4) is 5.75 Å². The second-order valence-electron chi connectivity index (χ2n) is 9.26. The number of aliphatic hydroxyl groups excluding tert-OH is 1. The van der Waals surface area contributed by atoms with Gasteiger partial charge in [0.15, 0.2) is 0 Å². The molecule has 1 aliphatic rings. The first-order valence-corrected chi connectivity index (χ1v) is 13.6. The van der Waals surface area contributed by atoms with Crippen molar-refractivity contribution in [2.45, 2.75) is 44.3 Å². The standard InChI is InChI=1S/C25H32ClFN2O6S/c1-16(2)13-29(36(32,33)20-5-7-23(27)22(26)11-20)14-18(30)12-28-25(31)21-6-4-17(3)10-24(21)35-19-8-9-34-15-19/h4-7,10-11,16,18-19,30H,8-9,12-15H2,1-3H3,(H,28,31). The highest BCUT2D eigenvalue weighted by atomic mass is 35.5. The second kappa shape index (κ2) is 12.3. The third-order valence-corrected chi connectivity index (χ3v) is 7.69. The van der Waals surface area contributed by atoms with Crippen molar-refractivity contribution in [1.82, 2.24) is 9.62 Å². The lowest BCUT2D eigenvalue weighted by Crippen LogP contribution is -2.44. The number of aryl methyl sites for hydroxylation is 1. The van der Waals surface area contributed by atoms with Gasteiger partial charge in [-0.3, -0.25) is 4.79 Å². The van der Waals surface area contributed by atoms with Crippen LogP contribution in [0.15, 0.2) is 41.3 Å². The molecule has 2 aromatic carbocycles.